The minimum absolute atomic E-state index is 0. The third kappa shape index (κ3) is 5.89. The smallest absolute Gasteiger partial charge is 0.188 e. The summed E-state index contributed by atoms with van der Waals surface area (Å²) in [4.78, 5) is 4.15. The molecule has 1 aliphatic carbocycles. The molecule has 1 aliphatic rings. The van der Waals surface area contributed by atoms with Gasteiger partial charge in [0.05, 0.1) is 12.1 Å². The molecule has 0 spiro atoms. The molecule has 0 radical (unpaired) electrons. The molecule has 0 aromatic heterocycles. The number of aliphatic hydroxyl groups is 1. The van der Waals surface area contributed by atoms with Crippen LogP contribution in [0, 0.1) is 5.92 Å². The van der Waals surface area contributed by atoms with Gasteiger partial charge in [-0.25, -0.2) is 0 Å². The molecule has 0 aromatic rings. The SMILES string of the molecule is CC(C)CCNC(N)=NCC1(O)CCC1.I. The number of nitrogens with two attached hydrogens (primary N) is 1. The van der Waals surface area contributed by atoms with Crippen molar-refractivity contribution in [3.05, 3.63) is 0 Å². The van der Waals surface area contributed by atoms with Gasteiger partial charge < -0.3 is 16.2 Å². The second-order valence-corrected chi connectivity index (χ2v) is 4.89. The average Bonchev–Trinajstić information content (AvgIpc) is 2.11. The van der Waals surface area contributed by atoms with Crippen LogP contribution in [0.4, 0.5) is 0 Å². The Bertz CT molecular complexity index is 227. The Balaban J connectivity index is 0.00000225. The summed E-state index contributed by atoms with van der Waals surface area (Å²) in [6.07, 6.45) is 3.90. The van der Waals surface area contributed by atoms with E-state index in [0.717, 1.165) is 32.2 Å². The third-order valence-electron chi connectivity index (χ3n) is 2.86. The molecule has 0 heterocycles. The maximum atomic E-state index is 9.78. The fourth-order valence-corrected chi connectivity index (χ4v) is 1.52. The van der Waals surface area contributed by atoms with Crippen LogP contribution in [0.5, 0.6) is 0 Å². The van der Waals surface area contributed by atoms with Crippen molar-refractivity contribution in [3.8, 4) is 0 Å². The van der Waals surface area contributed by atoms with Crippen LogP contribution in [-0.4, -0.2) is 29.8 Å². The van der Waals surface area contributed by atoms with Crippen LogP contribution in [0.3, 0.4) is 0 Å². The van der Waals surface area contributed by atoms with E-state index < -0.39 is 5.60 Å². The number of nitrogens with one attached hydrogen (secondary N) is 1. The van der Waals surface area contributed by atoms with E-state index in [-0.39, 0.29) is 24.0 Å². The lowest BCUT2D eigenvalue weighted by molar-refractivity contribution is -0.0235. The lowest BCUT2D eigenvalue weighted by atomic mass is 9.80. The van der Waals surface area contributed by atoms with Crippen molar-refractivity contribution in [1.29, 1.82) is 0 Å². The van der Waals surface area contributed by atoms with Crippen LogP contribution in [0.15, 0.2) is 4.99 Å². The molecule has 5 heteroatoms. The predicted octanol–water partition coefficient (Wildman–Crippen LogP) is 1.47. The van der Waals surface area contributed by atoms with Crippen LogP contribution < -0.4 is 11.1 Å². The lowest BCUT2D eigenvalue weighted by Crippen LogP contribution is -2.42. The molecule has 4 N–H and O–H groups in total. The first-order chi connectivity index (χ1) is 7.02. The molecule has 0 aliphatic heterocycles. The minimum atomic E-state index is -0.565. The van der Waals surface area contributed by atoms with E-state index in [2.05, 4.69) is 24.2 Å². The topological polar surface area (TPSA) is 70.6 Å². The molecule has 0 saturated heterocycles. The van der Waals surface area contributed by atoms with Gasteiger partial charge >= 0.3 is 0 Å². The van der Waals surface area contributed by atoms with Gasteiger partial charge in [-0.3, -0.25) is 4.99 Å². The van der Waals surface area contributed by atoms with Crippen molar-refractivity contribution in [2.24, 2.45) is 16.6 Å². The number of hydrogen-bond donors (Lipinski definition) is 3. The number of hydrogen-bond acceptors (Lipinski definition) is 2. The average molecular weight is 341 g/mol. The van der Waals surface area contributed by atoms with Gasteiger partial charge in [-0.15, -0.1) is 24.0 Å². The van der Waals surface area contributed by atoms with E-state index in [9.17, 15) is 5.11 Å². The Morgan fingerprint density at radius 1 is 1.50 bits per heavy atom. The highest BCUT2D eigenvalue weighted by atomic mass is 127. The fraction of sp³-hybridized carbons (Fsp3) is 0.909. The number of guanidine groups is 1. The van der Waals surface area contributed by atoms with Gasteiger partial charge in [-0.2, -0.15) is 0 Å². The van der Waals surface area contributed by atoms with E-state index >= 15 is 0 Å². The van der Waals surface area contributed by atoms with Crippen LogP contribution in [0.1, 0.15) is 39.5 Å². The van der Waals surface area contributed by atoms with Crippen molar-refractivity contribution in [2.75, 3.05) is 13.1 Å². The largest absolute Gasteiger partial charge is 0.388 e. The zero-order chi connectivity index (χ0) is 11.3. The maximum Gasteiger partial charge on any atom is 0.188 e. The van der Waals surface area contributed by atoms with Crippen LogP contribution in [0.2, 0.25) is 0 Å². The highest BCUT2D eigenvalue weighted by Crippen LogP contribution is 2.31. The summed E-state index contributed by atoms with van der Waals surface area (Å²) in [7, 11) is 0. The first-order valence-corrected chi connectivity index (χ1v) is 5.78. The molecule has 96 valence electrons. The van der Waals surface area contributed by atoms with Crippen molar-refractivity contribution in [2.45, 2.75) is 45.1 Å². The standard InChI is InChI=1S/C11H23N3O.HI/c1-9(2)4-7-13-10(12)14-8-11(15)5-3-6-11;/h9,15H,3-8H2,1-2H3,(H3,12,13,14);1H. The molecule has 1 saturated carbocycles. The van der Waals surface area contributed by atoms with Gasteiger partial charge in [0.15, 0.2) is 5.96 Å². The first-order valence-electron chi connectivity index (χ1n) is 5.78. The fourth-order valence-electron chi connectivity index (χ4n) is 1.52. The van der Waals surface area contributed by atoms with E-state index in [1.807, 2.05) is 0 Å². The molecular formula is C11H24IN3O. The molecular weight excluding hydrogens is 317 g/mol. The van der Waals surface area contributed by atoms with Gasteiger partial charge in [0.1, 0.15) is 0 Å². The molecule has 1 rings (SSSR count). The van der Waals surface area contributed by atoms with E-state index in [1.54, 1.807) is 0 Å². The Hall–Kier alpha value is -0.0400. The maximum absolute atomic E-state index is 9.78. The number of rotatable bonds is 5. The van der Waals surface area contributed by atoms with Gasteiger partial charge in [-0.1, -0.05) is 13.8 Å². The Kier molecular flexibility index (Phi) is 7.30. The van der Waals surface area contributed by atoms with Crippen molar-refractivity contribution in [3.63, 3.8) is 0 Å². The van der Waals surface area contributed by atoms with Gasteiger partial charge in [0.2, 0.25) is 0 Å². The van der Waals surface area contributed by atoms with Crippen molar-refractivity contribution < 1.29 is 5.11 Å². The van der Waals surface area contributed by atoms with Crippen LogP contribution in [0.25, 0.3) is 0 Å². The molecule has 0 aromatic carbocycles. The molecule has 0 amide bonds. The summed E-state index contributed by atoms with van der Waals surface area (Å²) in [5.74, 6) is 1.12. The number of nitrogens with zero attached hydrogens (tertiary/aromatic N) is 1. The van der Waals surface area contributed by atoms with Crippen LogP contribution in [-0.2, 0) is 0 Å². The number of aliphatic imine (C=N–C) groups is 1. The van der Waals surface area contributed by atoms with Gasteiger partial charge in [-0.05, 0) is 31.6 Å². The molecule has 1 fully saturated rings. The van der Waals surface area contributed by atoms with E-state index in [0.29, 0.717) is 18.4 Å². The molecule has 16 heavy (non-hydrogen) atoms. The summed E-state index contributed by atoms with van der Waals surface area (Å²) in [5.41, 5.74) is 5.11. The first kappa shape index (κ1) is 16.0. The van der Waals surface area contributed by atoms with Gasteiger partial charge in [0.25, 0.3) is 0 Å². The van der Waals surface area contributed by atoms with Gasteiger partial charge in [0, 0.05) is 6.54 Å². The Morgan fingerprint density at radius 2 is 2.12 bits per heavy atom. The van der Waals surface area contributed by atoms with Crippen molar-refractivity contribution >= 4 is 29.9 Å². The Labute approximate surface area is 115 Å². The summed E-state index contributed by atoms with van der Waals surface area (Å²) in [6.45, 7) is 5.64. The highest BCUT2D eigenvalue weighted by molar-refractivity contribution is 14.0. The van der Waals surface area contributed by atoms with Crippen molar-refractivity contribution in [1.82, 2.24) is 5.32 Å². The third-order valence-corrected chi connectivity index (χ3v) is 2.86. The monoisotopic (exact) mass is 341 g/mol. The molecule has 4 nitrogen and oxygen atoms in total. The summed E-state index contributed by atoms with van der Waals surface area (Å²) in [5, 5.41) is 12.8. The quantitative estimate of drug-likeness (QED) is 0.403. The Morgan fingerprint density at radius 3 is 2.56 bits per heavy atom. The second kappa shape index (κ2) is 7.32. The lowest BCUT2D eigenvalue weighted by Gasteiger charge is -2.34. The predicted molar refractivity (Wildman–Crippen MR) is 78.2 cm³/mol. The zero-order valence-corrected chi connectivity index (χ0v) is 12.5. The zero-order valence-electron chi connectivity index (χ0n) is 10.2. The summed E-state index contributed by atoms with van der Waals surface area (Å²) < 4.78 is 0. The molecule has 0 bridgehead atoms. The normalized spacial score (nSPS) is 18.9. The summed E-state index contributed by atoms with van der Waals surface area (Å²) in [6, 6.07) is 0. The van der Waals surface area contributed by atoms with Crippen LogP contribution >= 0.6 is 24.0 Å². The van der Waals surface area contributed by atoms with E-state index in [1.165, 1.54) is 0 Å². The van der Waals surface area contributed by atoms with E-state index in [4.69, 9.17) is 5.73 Å². The molecule has 0 unspecified atom stereocenters. The highest BCUT2D eigenvalue weighted by Gasteiger charge is 2.33. The number of halogens is 1. The molecule has 0 atom stereocenters. The summed E-state index contributed by atoms with van der Waals surface area (Å²) >= 11 is 0. The second-order valence-electron chi connectivity index (χ2n) is 4.89. The minimum Gasteiger partial charge on any atom is -0.388 e.